The Morgan fingerprint density at radius 3 is 2.67 bits per heavy atom. The summed E-state index contributed by atoms with van der Waals surface area (Å²) in [6.07, 6.45) is 6.12. The quantitative estimate of drug-likeness (QED) is 0.861. The summed E-state index contributed by atoms with van der Waals surface area (Å²) in [5.74, 6) is 0.964. The fourth-order valence-electron chi connectivity index (χ4n) is 3.46. The third-order valence-electron chi connectivity index (χ3n) is 5.02. The van der Waals surface area contributed by atoms with Crippen LogP contribution in [0.5, 0.6) is 0 Å². The van der Waals surface area contributed by atoms with Gasteiger partial charge in [-0.2, -0.15) is 0 Å². The maximum Gasteiger partial charge on any atom is 0.227 e. The van der Waals surface area contributed by atoms with Gasteiger partial charge >= 0.3 is 0 Å². The van der Waals surface area contributed by atoms with Crippen LogP contribution in [0.2, 0.25) is 0 Å². The van der Waals surface area contributed by atoms with Crippen molar-refractivity contribution in [2.24, 2.45) is 5.92 Å². The number of anilines is 1. The van der Waals surface area contributed by atoms with Crippen molar-refractivity contribution in [3.63, 3.8) is 0 Å². The number of hydrogen-bond donors (Lipinski definition) is 1. The number of rotatable bonds is 6. The van der Waals surface area contributed by atoms with Crippen LogP contribution in [0.1, 0.15) is 55.3 Å². The molecule has 1 aromatic carbocycles. The molecule has 2 aromatic rings. The van der Waals surface area contributed by atoms with Crippen molar-refractivity contribution in [3.05, 3.63) is 46.4 Å². The Hall–Kier alpha value is -1.72. The van der Waals surface area contributed by atoms with Gasteiger partial charge in [-0.25, -0.2) is 4.98 Å². The number of hydrogen-bond acceptors (Lipinski definition) is 4. The SMILES string of the molecule is C[C@H](N[C@H](c1nccs1)C1CC1)c1ccc(N2CCCC2=O)cc1. The zero-order valence-corrected chi connectivity index (χ0v) is 14.8. The van der Waals surface area contributed by atoms with Crippen LogP contribution in [0.4, 0.5) is 5.69 Å². The van der Waals surface area contributed by atoms with Crippen LogP contribution >= 0.6 is 11.3 Å². The highest BCUT2D eigenvalue weighted by atomic mass is 32.1. The molecular formula is C19H23N3OS. The number of aromatic nitrogens is 1. The summed E-state index contributed by atoms with van der Waals surface area (Å²) < 4.78 is 0. The van der Waals surface area contributed by atoms with Crippen molar-refractivity contribution in [2.45, 2.75) is 44.7 Å². The number of carbonyl (C=O) groups excluding carboxylic acids is 1. The molecule has 1 aromatic heterocycles. The van der Waals surface area contributed by atoms with E-state index in [9.17, 15) is 4.79 Å². The molecule has 2 heterocycles. The minimum atomic E-state index is 0.242. The van der Waals surface area contributed by atoms with E-state index in [-0.39, 0.29) is 11.9 Å². The average Bonchev–Trinajstić information content (AvgIpc) is 3.11. The lowest BCUT2D eigenvalue weighted by Crippen LogP contribution is -2.26. The molecule has 0 radical (unpaired) electrons. The summed E-state index contributed by atoms with van der Waals surface area (Å²) >= 11 is 1.74. The topological polar surface area (TPSA) is 45.2 Å². The van der Waals surface area contributed by atoms with Crippen LogP contribution in [0, 0.1) is 5.92 Å². The van der Waals surface area contributed by atoms with E-state index in [1.807, 2.05) is 11.1 Å². The molecule has 1 aliphatic carbocycles. The smallest absolute Gasteiger partial charge is 0.227 e. The van der Waals surface area contributed by atoms with Gasteiger partial charge in [0.25, 0.3) is 0 Å². The summed E-state index contributed by atoms with van der Waals surface area (Å²) in [7, 11) is 0. The molecule has 1 aliphatic heterocycles. The highest BCUT2D eigenvalue weighted by molar-refractivity contribution is 7.09. The van der Waals surface area contributed by atoms with E-state index in [1.165, 1.54) is 23.4 Å². The lowest BCUT2D eigenvalue weighted by Gasteiger charge is -2.23. The van der Waals surface area contributed by atoms with Crippen LogP contribution in [0.3, 0.4) is 0 Å². The predicted molar refractivity (Wildman–Crippen MR) is 97.2 cm³/mol. The number of amides is 1. The van der Waals surface area contributed by atoms with Crippen molar-refractivity contribution in [1.29, 1.82) is 0 Å². The van der Waals surface area contributed by atoms with Crippen LogP contribution < -0.4 is 10.2 Å². The fraction of sp³-hybridized carbons (Fsp3) is 0.474. The fourth-order valence-corrected chi connectivity index (χ4v) is 4.25. The van der Waals surface area contributed by atoms with Gasteiger partial charge in [-0.15, -0.1) is 11.3 Å². The average molecular weight is 341 g/mol. The van der Waals surface area contributed by atoms with Gasteiger partial charge in [0.05, 0.1) is 6.04 Å². The van der Waals surface area contributed by atoms with Crippen molar-refractivity contribution in [3.8, 4) is 0 Å². The molecule has 4 rings (SSSR count). The molecule has 0 unspecified atom stereocenters. The number of benzene rings is 1. The molecular weight excluding hydrogens is 318 g/mol. The highest BCUT2D eigenvalue weighted by Crippen LogP contribution is 2.42. The molecule has 1 saturated carbocycles. The third-order valence-corrected chi connectivity index (χ3v) is 5.88. The van der Waals surface area contributed by atoms with Gasteiger partial charge < -0.3 is 10.2 Å². The van der Waals surface area contributed by atoms with Crippen LogP contribution in [-0.2, 0) is 4.79 Å². The summed E-state index contributed by atoms with van der Waals surface area (Å²) in [4.78, 5) is 18.3. The largest absolute Gasteiger partial charge is 0.312 e. The minimum absolute atomic E-state index is 0.242. The maximum atomic E-state index is 11.9. The normalized spacial score (nSPS) is 20.4. The zero-order valence-electron chi connectivity index (χ0n) is 13.9. The van der Waals surface area contributed by atoms with Gasteiger partial charge in [0.1, 0.15) is 5.01 Å². The summed E-state index contributed by atoms with van der Waals surface area (Å²) in [5.41, 5.74) is 2.28. The molecule has 4 nitrogen and oxygen atoms in total. The first kappa shape index (κ1) is 15.8. The Labute approximate surface area is 146 Å². The van der Waals surface area contributed by atoms with Crippen molar-refractivity contribution in [1.82, 2.24) is 10.3 Å². The molecule has 126 valence electrons. The van der Waals surface area contributed by atoms with E-state index in [0.717, 1.165) is 24.6 Å². The van der Waals surface area contributed by atoms with E-state index in [1.54, 1.807) is 11.3 Å². The molecule has 5 heteroatoms. The van der Waals surface area contributed by atoms with Crippen molar-refractivity contribution in [2.75, 3.05) is 11.4 Å². The van der Waals surface area contributed by atoms with E-state index in [2.05, 4.69) is 46.9 Å². The van der Waals surface area contributed by atoms with Gasteiger partial charge in [-0.05, 0) is 49.8 Å². The van der Waals surface area contributed by atoms with E-state index in [0.29, 0.717) is 12.5 Å². The van der Waals surface area contributed by atoms with Gasteiger partial charge in [0.2, 0.25) is 5.91 Å². The Kier molecular flexibility index (Phi) is 4.37. The predicted octanol–water partition coefficient (Wildman–Crippen LogP) is 4.07. The molecule has 24 heavy (non-hydrogen) atoms. The van der Waals surface area contributed by atoms with E-state index < -0.39 is 0 Å². The molecule has 0 spiro atoms. The molecule has 2 fully saturated rings. The Morgan fingerprint density at radius 2 is 2.08 bits per heavy atom. The molecule has 2 aliphatic rings. The number of nitrogens with zero attached hydrogens (tertiary/aromatic N) is 2. The highest BCUT2D eigenvalue weighted by Gasteiger charge is 2.34. The zero-order chi connectivity index (χ0) is 16.5. The van der Waals surface area contributed by atoms with Gasteiger partial charge in [-0.1, -0.05) is 12.1 Å². The van der Waals surface area contributed by atoms with Crippen LogP contribution in [0.15, 0.2) is 35.8 Å². The standard InChI is InChI=1S/C19H23N3OS/c1-13(21-18(15-4-5-15)19-20-10-12-24-19)14-6-8-16(9-7-14)22-11-2-3-17(22)23/h6-10,12-13,15,18,21H,2-5,11H2,1H3/t13-,18-/m0/s1. The van der Waals surface area contributed by atoms with Crippen LogP contribution in [-0.4, -0.2) is 17.4 Å². The third kappa shape index (κ3) is 3.23. The first-order valence-corrected chi connectivity index (χ1v) is 9.66. The van der Waals surface area contributed by atoms with Gasteiger partial charge in [-0.3, -0.25) is 4.79 Å². The van der Waals surface area contributed by atoms with Crippen LogP contribution in [0.25, 0.3) is 0 Å². The van der Waals surface area contributed by atoms with Gasteiger partial charge in [0, 0.05) is 36.3 Å². The molecule has 0 bridgehead atoms. The minimum Gasteiger partial charge on any atom is -0.312 e. The second-order valence-corrected chi connectivity index (χ2v) is 7.74. The summed E-state index contributed by atoms with van der Waals surface area (Å²) in [6, 6.07) is 9.07. The molecule has 1 N–H and O–H groups in total. The second kappa shape index (κ2) is 6.65. The summed E-state index contributed by atoms with van der Waals surface area (Å²) in [6.45, 7) is 3.05. The summed E-state index contributed by atoms with van der Waals surface area (Å²) in [5, 5.41) is 7.02. The lowest BCUT2D eigenvalue weighted by atomic mass is 10.1. The number of nitrogens with one attached hydrogen (secondary N) is 1. The molecule has 2 atom stereocenters. The van der Waals surface area contributed by atoms with E-state index >= 15 is 0 Å². The maximum absolute atomic E-state index is 11.9. The van der Waals surface area contributed by atoms with Crippen molar-refractivity contribution >= 4 is 22.9 Å². The van der Waals surface area contributed by atoms with Gasteiger partial charge in [0.15, 0.2) is 0 Å². The monoisotopic (exact) mass is 341 g/mol. The van der Waals surface area contributed by atoms with Crippen molar-refractivity contribution < 1.29 is 4.79 Å². The molecule has 1 saturated heterocycles. The van der Waals surface area contributed by atoms with E-state index in [4.69, 9.17) is 0 Å². The first-order valence-electron chi connectivity index (χ1n) is 8.78. The second-order valence-electron chi connectivity index (χ2n) is 6.81. The Bertz CT molecular complexity index is 694. The first-order chi connectivity index (χ1) is 11.7. The molecule has 1 amide bonds. The Balaban J connectivity index is 1.46. The Morgan fingerprint density at radius 1 is 1.29 bits per heavy atom. The number of carbonyl (C=O) groups is 1. The number of thiazole rings is 1. The lowest BCUT2D eigenvalue weighted by molar-refractivity contribution is -0.117.